The minimum absolute atomic E-state index is 0.584. The first-order valence-corrected chi connectivity index (χ1v) is 4.04. The second-order valence-corrected chi connectivity index (χ2v) is 3.01. The lowest BCUT2D eigenvalue weighted by molar-refractivity contribution is 0.470. The number of aliphatic imine (C=N–C) groups is 1. The van der Waals surface area contributed by atoms with Gasteiger partial charge in [-0.05, 0) is 19.9 Å². The van der Waals surface area contributed by atoms with Gasteiger partial charge in [0, 0.05) is 24.7 Å². The van der Waals surface area contributed by atoms with E-state index < -0.39 is 0 Å². The third-order valence-electron chi connectivity index (χ3n) is 2.06. The first kappa shape index (κ1) is 7.73. The molecular formula is C8H16N2. The largest absolute Gasteiger partial charge is 0.314 e. The molecule has 2 atom stereocenters. The van der Waals surface area contributed by atoms with Crippen molar-refractivity contribution in [1.29, 1.82) is 0 Å². The van der Waals surface area contributed by atoms with E-state index in [1.165, 1.54) is 6.42 Å². The monoisotopic (exact) mass is 140 g/mol. The molecule has 0 saturated carbocycles. The number of nitrogens with zero attached hydrogens (tertiary/aromatic N) is 1. The van der Waals surface area contributed by atoms with E-state index in [1.54, 1.807) is 0 Å². The molecule has 2 unspecified atom stereocenters. The highest BCUT2D eigenvalue weighted by Gasteiger charge is 2.09. The van der Waals surface area contributed by atoms with Crippen LogP contribution in [-0.2, 0) is 0 Å². The molecule has 1 heterocycles. The van der Waals surface area contributed by atoms with Crippen molar-refractivity contribution in [2.75, 3.05) is 13.1 Å². The van der Waals surface area contributed by atoms with Crippen molar-refractivity contribution in [3.8, 4) is 0 Å². The molecule has 0 amide bonds. The maximum absolute atomic E-state index is 4.30. The van der Waals surface area contributed by atoms with Crippen molar-refractivity contribution in [3.63, 3.8) is 0 Å². The lowest BCUT2D eigenvalue weighted by atomic mass is 10.0. The molecule has 10 heavy (non-hydrogen) atoms. The van der Waals surface area contributed by atoms with Crippen LogP contribution in [0.25, 0.3) is 0 Å². The smallest absolute Gasteiger partial charge is 0.0397 e. The van der Waals surface area contributed by atoms with Crippen LogP contribution >= 0.6 is 0 Å². The normalized spacial score (nSPS) is 38.2. The Labute approximate surface area is 62.7 Å². The van der Waals surface area contributed by atoms with Crippen LogP contribution in [0.1, 0.15) is 20.3 Å². The molecule has 0 saturated heterocycles. The fraction of sp³-hybridized carbons (Fsp3) is 0.875. The summed E-state index contributed by atoms with van der Waals surface area (Å²) in [5, 5.41) is 3.44. The van der Waals surface area contributed by atoms with Crippen LogP contribution < -0.4 is 5.32 Å². The first-order valence-electron chi connectivity index (χ1n) is 4.04. The van der Waals surface area contributed by atoms with Crippen molar-refractivity contribution >= 4 is 6.21 Å². The maximum Gasteiger partial charge on any atom is 0.0397 e. The van der Waals surface area contributed by atoms with E-state index in [-0.39, 0.29) is 0 Å². The number of hydrogen-bond acceptors (Lipinski definition) is 2. The SMILES string of the molecule is CC1/C=N\CCCNC1C. The predicted molar refractivity (Wildman–Crippen MR) is 44.6 cm³/mol. The number of hydrogen-bond donors (Lipinski definition) is 1. The minimum atomic E-state index is 0.584. The summed E-state index contributed by atoms with van der Waals surface area (Å²) in [6.45, 7) is 6.52. The van der Waals surface area contributed by atoms with Crippen LogP contribution in [0.5, 0.6) is 0 Å². The Morgan fingerprint density at radius 3 is 3.10 bits per heavy atom. The maximum atomic E-state index is 4.30. The third-order valence-corrected chi connectivity index (χ3v) is 2.06. The topological polar surface area (TPSA) is 24.4 Å². The number of rotatable bonds is 0. The number of nitrogens with one attached hydrogen (secondary N) is 1. The zero-order valence-electron chi connectivity index (χ0n) is 6.80. The Hall–Kier alpha value is -0.370. The van der Waals surface area contributed by atoms with E-state index in [9.17, 15) is 0 Å². The summed E-state index contributed by atoms with van der Waals surface area (Å²) in [6, 6.07) is 0.587. The Kier molecular flexibility index (Phi) is 2.87. The summed E-state index contributed by atoms with van der Waals surface area (Å²) >= 11 is 0. The van der Waals surface area contributed by atoms with Gasteiger partial charge in [0.25, 0.3) is 0 Å². The zero-order valence-corrected chi connectivity index (χ0v) is 6.80. The molecule has 0 aromatic heterocycles. The molecule has 0 aromatic rings. The van der Waals surface area contributed by atoms with Gasteiger partial charge in [-0.25, -0.2) is 0 Å². The summed E-state index contributed by atoms with van der Waals surface area (Å²) in [6.07, 6.45) is 3.24. The molecule has 1 aliphatic rings. The van der Waals surface area contributed by atoms with Gasteiger partial charge in [-0.15, -0.1) is 0 Å². The van der Waals surface area contributed by atoms with Gasteiger partial charge in [-0.3, -0.25) is 4.99 Å². The van der Waals surface area contributed by atoms with Gasteiger partial charge in [0.15, 0.2) is 0 Å². The first-order chi connectivity index (χ1) is 4.80. The minimum Gasteiger partial charge on any atom is -0.314 e. The highest BCUT2D eigenvalue weighted by Crippen LogP contribution is 2.01. The van der Waals surface area contributed by atoms with Crippen molar-refractivity contribution < 1.29 is 0 Å². The van der Waals surface area contributed by atoms with Crippen LogP contribution in [0.3, 0.4) is 0 Å². The molecule has 0 aromatic carbocycles. The van der Waals surface area contributed by atoms with Crippen molar-refractivity contribution in [2.45, 2.75) is 26.3 Å². The van der Waals surface area contributed by atoms with E-state index >= 15 is 0 Å². The Balaban J connectivity index is 2.44. The van der Waals surface area contributed by atoms with E-state index in [0.29, 0.717) is 12.0 Å². The summed E-state index contributed by atoms with van der Waals surface area (Å²) in [5.74, 6) is 0.584. The van der Waals surface area contributed by atoms with Crippen LogP contribution in [0.2, 0.25) is 0 Å². The molecule has 0 fully saturated rings. The van der Waals surface area contributed by atoms with Crippen LogP contribution in [0.15, 0.2) is 4.99 Å². The van der Waals surface area contributed by atoms with Crippen molar-refractivity contribution in [1.82, 2.24) is 5.32 Å². The average molecular weight is 140 g/mol. The fourth-order valence-electron chi connectivity index (χ4n) is 1.06. The lowest BCUT2D eigenvalue weighted by Gasteiger charge is -2.19. The second-order valence-electron chi connectivity index (χ2n) is 3.01. The highest BCUT2D eigenvalue weighted by atomic mass is 14.9. The van der Waals surface area contributed by atoms with Gasteiger partial charge >= 0.3 is 0 Å². The molecule has 2 nitrogen and oxygen atoms in total. The van der Waals surface area contributed by atoms with Crippen LogP contribution in [0.4, 0.5) is 0 Å². The zero-order chi connectivity index (χ0) is 7.40. The Morgan fingerprint density at radius 1 is 1.50 bits per heavy atom. The Bertz CT molecular complexity index is 120. The molecule has 0 spiro atoms. The van der Waals surface area contributed by atoms with Gasteiger partial charge in [-0.2, -0.15) is 0 Å². The van der Waals surface area contributed by atoms with Crippen LogP contribution in [0, 0.1) is 5.92 Å². The van der Waals surface area contributed by atoms with E-state index in [0.717, 1.165) is 13.1 Å². The molecule has 2 heteroatoms. The van der Waals surface area contributed by atoms with E-state index in [1.807, 2.05) is 0 Å². The Morgan fingerprint density at radius 2 is 2.30 bits per heavy atom. The summed E-state index contributed by atoms with van der Waals surface area (Å²) in [7, 11) is 0. The van der Waals surface area contributed by atoms with E-state index in [2.05, 4.69) is 30.4 Å². The van der Waals surface area contributed by atoms with Crippen LogP contribution in [-0.4, -0.2) is 25.3 Å². The standard InChI is InChI=1S/C8H16N2/c1-7-6-9-4-3-5-10-8(7)2/h6-8,10H,3-5H2,1-2H3/b9-6-. The summed E-state index contributed by atoms with van der Waals surface area (Å²) in [4.78, 5) is 4.30. The van der Waals surface area contributed by atoms with E-state index in [4.69, 9.17) is 0 Å². The second kappa shape index (κ2) is 3.71. The van der Waals surface area contributed by atoms with Gasteiger partial charge in [0.05, 0.1) is 0 Å². The summed E-state index contributed by atoms with van der Waals surface area (Å²) in [5.41, 5.74) is 0. The van der Waals surface area contributed by atoms with Crippen molar-refractivity contribution in [2.24, 2.45) is 10.9 Å². The van der Waals surface area contributed by atoms with Crippen molar-refractivity contribution in [3.05, 3.63) is 0 Å². The predicted octanol–water partition coefficient (Wildman–Crippen LogP) is 1.08. The molecule has 0 radical (unpaired) electrons. The molecule has 58 valence electrons. The van der Waals surface area contributed by atoms with Gasteiger partial charge in [0.1, 0.15) is 0 Å². The molecule has 0 aliphatic carbocycles. The molecule has 0 bridgehead atoms. The molecule has 1 aliphatic heterocycles. The molecule has 1 rings (SSSR count). The molecule has 1 N–H and O–H groups in total. The lowest BCUT2D eigenvalue weighted by Crippen LogP contribution is -2.35. The quantitative estimate of drug-likeness (QED) is 0.535. The molecular weight excluding hydrogens is 124 g/mol. The average Bonchev–Trinajstić information content (AvgIpc) is 1.92. The van der Waals surface area contributed by atoms with Gasteiger partial charge < -0.3 is 5.32 Å². The third kappa shape index (κ3) is 2.10. The highest BCUT2D eigenvalue weighted by molar-refractivity contribution is 5.61. The fourth-order valence-corrected chi connectivity index (χ4v) is 1.06. The summed E-state index contributed by atoms with van der Waals surface area (Å²) < 4.78 is 0. The van der Waals surface area contributed by atoms with Gasteiger partial charge in [0.2, 0.25) is 0 Å². The van der Waals surface area contributed by atoms with Gasteiger partial charge in [-0.1, -0.05) is 6.92 Å².